The van der Waals surface area contributed by atoms with E-state index in [1.807, 2.05) is 55.5 Å². The van der Waals surface area contributed by atoms with Gasteiger partial charge in [0.1, 0.15) is 5.75 Å². The molecule has 0 bridgehead atoms. The molecular weight excluding hydrogens is 271 g/mol. The first kappa shape index (κ1) is 13.4. The lowest BCUT2D eigenvalue weighted by molar-refractivity contribution is 0.191. The number of fused-ring (bicyclic) bond motifs is 3. The number of para-hydroxylation sites is 1. The monoisotopic (exact) mass is 288 g/mol. The van der Waals surface area contributed by atoms with Crippen LogP contribution in [0.4, 0.5) is 0 Å². The fourth-order valence-corrected chi connectivity index (χ4v) is 5.05. The molecule has 0 amide bonds. The van der Waals surface area contributed by atoms with Crippen molar-refractivity contribution >= 4 is 12.7 Å². The van der Waals surface area contributed by atoms with E-state index >= 15 is 0 Å². The Kier molecular flexibility index (Phi) is 3.41. The molecule has 0 spiro atoms. The molecule has 1 heterocycles. The molecule has 2 atom stereocenters. The Hall–Kier alpha value is -1.57. The Balaban J connectivity index is 2.15. The van der Waals surface area contributed by atoms with Crippen molar-refractivity contribution in [3.05, 3.63) is 48.5 Å². The highest BCUT2D eigenvalue weighted by atomic mass is 31.2. The lowest BCUT2D eigenvalue weighted by Gasteiger charge is -2.29. The number of hydrogen-bond donors (Lipinski definition) is 1. The van der Waals surface area contributed by atoms with Crippen molar-refractivity contribution in [3.63, 3.8) is 0 Å². The van der Waals surface area contributed by atoms with Crippen molar-refractivity contribution < 1.29 is 14.2 Å². The highest BCUT2D eigenvalue weighted by molar-refractivity contribution is 7.67. The van der Waals surface area contributed by atoms with E-state index in [2.05, 4.69) is 0 Å². The van der Waals surface area contributed by atoms with Crippen LogP contribution in [0.15, 0.2) is 48.5 Å². The Labute approximate surface area is 118 Å². The molecule has 0 saturated carbocycles. The first-order chi connectivity index (χ1) is 9.64. The van der Waals surface area contributed by atoms with Crippen LogP contribution in [0.25, 0.3) is 11.1 Å². The summed E-state index contributed by atoms with van der Waals surface area (Å²) in [4.78, 5) is 0. The van der Waals surface area contributed by atoms with Crippen LogP contribution in [0.2, 0.25) is 0 Å². The molecule has 2 aromatic carbocycles. The zero-order chi connectivity index (χ0) is 14.2. The van der Waals surface area contributed by atoms with Crippen LogP contribution in [-0.2, 0) is 4.57 Å². The SMILES string of the molecule is CCC(O)CP1(=O)Oc2ccccc2-c2ccccc21. The average Bonchev–Trinajstić information content (AvgIpc) is 2.47. The minimum Gasteiger partial charge on any atom is -0.439 e. The summed E-state index contributed by atoms with van der Waals surface area (Å²) in [7, 11) is -3.06. The number of aliphatic hydroxyl groups excluding tert-OH is 1. The Morgan fingerprint density at radius 3 is 2.50 bits per heavy atom. The number of hydrogen-bond acceptors (Lipinski definition) is 3. The van der Waals surface area contributed by atoms with Crippen molar-refractivity contribution in [2.45, 2.75) is 19.4 Å². The summed E-state index contributed by atoms with van der Waals surface area (Å²) in [5.41, 5.74) is 1.90. The molecule has 104 valence electrons. The van der Waals surface area contributed by atoms with Crippen LogP contribution in [0.3, 0.4) is 0 Å². The van der Waals surface area contributed by atoms with Gasteiger partial charge in [0, 0.05) is 5.56 Å². The van der Waals surface area contributed by atoms with E-state index in [0.29, 0.717) is 17.5 Å². The van der Waals surface area contributed by atoms with E-state index in [9.17, 15) is 9.67 Å². The highest BCUT2D eigenvalue weighted by Crippen LogP contribution is 2.54. The van der Waals surface area contributed by atoms with Crippen LogP contribution < -0.4 is 9.83 Å². The van der Waals surface area contributed by atoms with Gasteiger partial charge in [0.25, 0.3) is 7.37 Å². The molecule has 0 saturated heterocycles. The summed E-state index contributed by atoms with van der Waals surface area (Å²) in [6, 6.07) is 15.2. The fraction of sp³-hybridized carbons (Fsp3) is 0.250. The molecule has 0 radical (unpaired) electrons. The predicted octanol–water partition coefficient (Wildman–Crippen LogP) is 3.42. The highest BCUT2D eigenvalue weighted by Gasteiger charge is 2.37. The zero-order valence-corrected chi connectivity index (χ0v) is 12.2. The smallest absolute Gasteiger partial charge is 0.280 e. The van der Waals surface area contributed by atoms with Gasteiger partial charge < -0.3 is 9.63 Å². The molecule has 0 aliphatic carbocycles. The van der Waals surface area contributed by atoms with Gasteiger partial charge in [-0.25, -0.2) is 0 Å². The molecule has 1 N–H and O–H groups in total. The molecular formula is C16H17O3P. The molecule has 3 nitrogen and oxygen atoms in total. The summed E-state index contributed by atoms with van der Waals surface area (Å²) in [6.45, 7) is 1.88. The van der Waals surface area contributed by atoms with Crippen LogP contribution >= 0.6 is 7.37 Å². The van der Waals surface area contributed by atoms with Crippen LogP contribution in [0, 0.1) is 0 Å². The normalized spacial score (nSPS) is 21.5. The summed E-state index contributed by atoms with van der Waals surface area (Å²) in [5.74, 6) is 0.637. The predicted molar refractivity (Wildman–Crippen MR) is 80.9 cm³/mol. The lowest BCUT2D eigenvalue weighted by Crippen LogP contribution is -2.24. The molecule has 1 aliphatic rings. The van der Waals surface area contributed by atoms with Gasteiger partial charge >= 0.3 is 0 Å². The van der Waals surface area contributed by atoms with Crippen molar-refractivity contribution in [2.24, 2.45) is 0 Å². The molecule has 3 rings (SSSR count). The Bertz CT molecular complexity index is 681. The second kappa shape index (κ2) is 5.08. The van der Waals surface area contributed by atoms with Gasteiger partial charge in [0.15, 0.2) is 0 Å². The fourth-order valence-electron chi connectivity index (χ4n) is 2.52. The van der Waals surface area contributed by atoms with E-state index in [1.165, 1.54) is 0 Å². The quantitative estimate of drug-likeness (QED) is 0.880. The van der Waals surface area contributed by atoms with E-state index in [4.69, 9.17) is 4.52 Å². The topological polar surface area (TPSA) is 46.5 Å². The van der Waals surface area contributed by atoms with Gasteiger partial charge in [0.2, 0.25) is 0 Å². The number of benzene rings is 2. The molecule has 0 fully saturated rings. The van der Waals surface area contributed by atoms with Crippen LogP contribution in [-0.4, -0.2) is 17.4 Å². The van der Waals surface area contributed by atoms with Gasteiger partial charge in [-0.05, 0) is 24.1 Å². The number of rotatable bonds is 3. The van der Waals surface area contributed by atoms with Crippen molar-refractivity contribution in [2.75, 3.05) is 6.16 Å². The second-order valence-corrected chi connectivity index (χ2v) is 7.40. The molecule has 20 heavy (non-hydrogen) atoms. The molecule has 2 unspecified atom stereocenters. The third kappa shape index (κ3) is 2.17. The first-order valence-corrected chi connectivity index (χ1v) is 8.61. The maximum Gasteiger partial charge on any atom is 0.280 e. The molecule has 2 aromatic rings. The minimum atomic E-state index is -3.06. The number of aliphatic hydroxyl groups is 1. The molecule has 4 heteroatoms. The summed E-state index contributed by atoms with van der Waals surface area (Å²) < 4.78 is 19.0. The minimum absolute atomic E-state index is 0.162. The molecule has 0 aromatic heterocycles. The van der Waals surface area contributed by atoms with Gasteiger partial charge in [0.05, 0.1) is 17.6 Å². The van der Waals surface area contributed by atoms with E-state index in [-0.39, 0.29) is 6.16 Å². The maximum atomic E-state index is 13.2. The average molecular weight is 288 g/mol. The zero-order valence-electron chi connectivity index (χ0n) is 11.3. The van der Waals surface area contributed by atoms with Gasteiger partial charge in [-0.2, -0.15) is 0 Å². The lowest BCUT2D eigenvalue weighted by atomic mass is 10.0. The second-order valence-electron chi connectivity index (χ2n) is 5.02. The summed E-state index contributed by atoms with van der Waals surface area (Å²) >= 11 is 0. The van der Waals surface area contributed by atoms with Gasteiger partial charge in [-0.3, -0.25) is 4.57 Å². The van der Waals surface area contributed by atoms with Crippen molar-refractivity contribution in [1.82, 2.24) is 0 Å². The van der Waals surface area contributed by atoms with Crippen molar-refractivity contribution in [1.29, 1.82) is 0 Å². The Morgan fingerprint density at radius 2 is 1.75 bits per heavy atom. The van der Waals surface area contributed by atoms with E-state index < -0.39 is 13.5 Å². The third-order valence-electron chi connectivity index (χ3n) is 3.62. The van der Waals surface area contributed by atoms with Gasteiger partial charge in [-0.15, -0.1) is 0 Å². The molecule has 1 aliphatic heterocycles. The van der Waals surface area contributed by atoms with Crippen LogP contribution in [0.5, 0.6) is 5.75 Å². The standard InChI is InChI=1S/C16H17O3P/c1-2-12(17)11-20(18)16-10-6-4-8-14(16)13-7-3-5-9-15(13)19-20/h3-10,12,17H,2,11H2,1H3. The van der Waals surface area contributed by atoms with Gasteiger partial charge in [-0.1, -0.05) is 43.3 Å². The van der Waals surface area contributed by atoms with E-state index in [0.717, 1.165) is 11.1 Å². The Morgan fingerprint density at radius 1 is 1.10 bits per heavy atom. The summed E-state index contributed by atoms with van der Waals surface area (Å²) in [6.07, 6.45) is 0.116. The third-order valence-corrected chi connectivity index (χ3v) is 6.13. The van der Waals surface area contributed by atoms with Crippen LogP contribution in [0.1, 0.15) is 13.3 Å². The maximum absolute atomic E-state index is 13.2. The van der Waals surface area contributed by atoms with E-state index in [1.54, 1.807) is 0 Å². The van der Waals surface area contributed by atoms with Crippen molar-refractivity contribution in [3.8, 4) is 16.9 Å². The summed E-state index contributed by atoms with van der Waals surface area (Å²) in [5, 5.41) is 10.6. The largest absolute Gasteiger partial charge is 0.439 e. The first-order valence-electron chi connectivity index (χ1n) is 6.80.